The number of hydrogen-bond donors (Lipinski definition) is 2. The van der Waals surface area contributed by atoms with Gasteiger partial charge in [0.2, 0.25) is 0 Å². The summed E-state index contributed by atoms with van der Waals surface area (Å²) < 4.78 is 15.0. The van der Waals surface area contributed by atoms with E-state index in [1.165, 1.54) is 17.7 Å². The van der Waals surface area contributed by atoms with Crippen molar-refractivity contribution in [1.29, 1.82) is 0 Å². The lowest BCUT2D eigenvalue weighted by Gasteiger charge is -2.20. The number of aliphatic hydroxyl groups is 1. The van der Waals surface area contributed by atoms with Crippen LogP contribution >= 0.6 is 0 Å². The molecule has 4 nitrogen and oxygen atoms in total. The van der Waals surface area contributed by atoms with Gasteiger partial charge in [-0.25, -0.2) is 9.37 Å². The first-order valence-corrected chi connectivity index (χ1v) is 7.64. The van der Waals surface area contributed by atoms with Crippen LogP contribution < -0.4 is 5.32 Å². The molecule has 3 aromatic rings. The molecular weight excluding hydrogens is 293 g/mol. The molecule has 0 spiro atoms. The fourth-order valence-electron chi connectivity index (χ4n) is 2.59. The first kappa shape index (κ1) is 15.6. The van der Waals surface area contributed by atoms with Crippen LogP contribution in [0.25, 0.3) is 5.65 Å². The highest BCUT2D eigenvalue weighted by atomic mass is 19.1. The van der Waals surface area contributed by atoms with E-state index in [1.807, 2.05) is 42.8 Å². The predicted octanol–water partition coefficient (Wildman–Crippen LogP) is 2.99. The Balaban J connectivity index is 1.68. The summed E-state index contributed by atoms with van der Waals surface area (Å²) in [5.41, 5.74) is 3.80. The van der Waals surface area contributed by atoms with Crippen LogP contribution in [0.4, 0.5) is 4.39 Å². The minimum absolute atomic E-state index is 0.170. The third-order valence-electron chi connectivity index (χ3n) is 4.04. The number of nitrogens with one attached hydrogen (secondary N) is 1. The van der Waals surface area contributed by atoms with Gasteiger partial charge in [-0.1, -0.05) is 12.1 Å². The maximum atomic E-state index is 13.0. The molecule has 3 rings (SSSR count). The topological polar surface area (TPSA) is 49.6 Å². The van der Waals surface area contributed by atoms with Crippen molar-refractivity contribution in [1.82, 2.24) is 14.7 Å². The van der Waals surface area contributed by atoms with E-state index >= 15 is 0 Å². The molecule has 2 atom stereocenters. The monoisotopic (exact) mass is 313 g/mol. The van der Waals surface area contributed by atoms with Crippen molar-refractivity contribution in [3.05, 3.63) is 71.4 Å². The van der Waals surface area contributed by atoms with Gasteiger partial charge in [-0.2, -0.15) is 0 Å². The highest BCUT2D eigenvalue weighted by Crippen LogP contribution is 2.18. The molecule has 0 saturated heterocycles. The Labute approximate surface area is 134 Å². The lowest BCUT2D eigenvalue weighted by molar-refractivity contribution is 0.135. The smallest absolute Gasteiger partial charge is 0.137 e. The van der Waals surface area contributed by atoms with Crippen molar-refractivity contribution in [2.75, 3.05) is 0 Å². The Kier molecular flexibility index (Phi) is 4.41. The number of halogens is 1. The minimum atomic E-state index is -0.697. The molecule has 0 fully saturated rings. The van der Waals surface area contributed by atoms with Gasteiger partial charge in [-0.15, -0.1) is 0 Å². The number of imidazole rings is 1. The molecule has 0 bridgehead atoms. The van der Waals surface area contributed by atoms with E-state index in [0.717, 1.165) is 11.3 Å². The zero-order valence-corrected chi connectivity index (χ0v) is 13.2. The Morgan fingerprint density at radius 2 is 2.00 bits per heavy atom. The third-order valence-corrected chi connectivity index (χ3v) is 4.04. The van der Waals surface area contributed by atoms with Crippen molar-refractivity contribution in [2.45, 2.75) is 32.5 Å². The van der Waals surface area contributed by atoms with Crippen LogP contribution in [0.15, 0.2) is 48.8 Å². The molecule has 2 N–H and O–H groups in total. The standard InChI is InChI=1S/C18H20FN3O/c1-12-7-8-22-16(11-21-17(22)9-12)10-20-13(2)18(23)14-3-5-15(19)6-4-14/h3-9,11,13,18,20,23H,10H2,1-2H3. The second-order valence-corrected chi connectivity index (χ2v) is 5.85. The predicted molar refractivity (Wildman–Crippen MR) is 87.6 cm³/mol. The summed E-state index contributed by atoms with van der Waals surface area (Å²) in [6.45, 7) is 4.53. The molecule has 120 valence electrons. The molecular formula is C18H20FN3O. The van der Waals surface area contributed by atoms with Gasteiger partial charge in [-0.05, 0) is 49.2 Å². The van der Waals surface area contributed by atoms with Crippen molar-refractivity contribution in [2.24, 2.45) is 0 Å². The number of pyridine rings is 1. The molecule has 2 unspecified atom stereocenters. The summed E-state index contributed by atoms with van der Waals surface area (Å²) in [7, 11) is 0. The normalized spacial score (nSPS) is 14.1. The van der Waals surface area contributed by atoms with E-state index in [-0.39, 0.29) is 11.9 Å². The molecule has 0 aliphatic heterocycles. The van der Waals surface area contributed by atoms with Gasteiger partial charge < -0.3 is 14.8 Å². The second kappa shape index (κ2) is 6.48. The number of aryl methyl sites for hydroxylation is 1. The molecule has 0 aliphatic rings. The summed E-state index contributed by atoms with van der Waals surface area (Å²) >= 11 is 0. The SMILES string of the molecule is Cc1ccn2c(CNC(C)C(O)c3ccc(F)cc3)cnc2c1. The highest BCUT2D eigenvalue weighted by Gasteiger charge is 2.16. The zero-order valence-electron chi connectivity index (χ0n) is 13.2. The maximum Gasteiger partial charge on any atom is 0.137 e. The van der Waals surface area contributed by atoms with Gasteiger partial charge in [0.1, 0.15) is 11.5 Å². The van der Waals surface area contributed by atoms with Gasteiger partial charge in [0.25, 0.3) is 0 Å². The number of fused-ring (bicyclic) bond motifs is 1. The lowest BCUT2D eigenvalue weighted by Crippen LogP contribution is -2.32. The van der Waals surface area contributed by atoms with E-state index in [4.69, 9.17) is 0 Å². The molecule has 0 aliphatic carbocycles. The molecule has 2 heterocycles. The summed E-state index contributed by atoms with van der Waals surface area (Å²) in [5, 5.41) is 13.7. The Hall–Kier alpha value is -2.24. The maximum absolute atomic E-state index is 13.0. The molecule has 0 radical (unpaired) electrons. The average molecular weight is 313 g/mol. The molecule has 1 aromatic carbocycles. The Morgan fingerprint density at radius 3 is 2.74 bits per heavy atom. The number of hydrogen-bond acceptors (Lipinski definition) is 3. The largest absolute Gasteiger partial charge is 0.387 e. The number of rotatable bonds is 5. The fourth-order valence-corrected chi connectivity index (χ4v) is 2.59. The van der Waals surface area contributed by atoms with Crippen LogP contribution in [0, 0.1) is 12.7 Å². The number of aromatic nitrogens is 2. The van der Waals surface area contributed by atoms with E-state index in [1.54, 1.807) is 12.1 Å². The summed E-state index contributed by atoms with van der Waals surface area (Å²) in [5.74, 6) is -0.303. The molecule has 0 saturated carbocycles. The van der Waals surface area contributed by atoms with Crippen LogP contribution in [-0.4, -0.2) is 20.5 Å². The van der Waals surface area contributed by atoms with Crippen molar-refractivity contribution >= 4 is 5.65 Å². The number of benzene rings is 1. The van der Waals surface area contributed by atoms with E-state index in [2.05, 4.69) is 10.3 Å². The molecule has 2 aromatic heterocycles. The average Bonchev–Trinajstić information content (AvgIpc) is 2.94. The van der Waals surface area contributed by atoms with Crippen LogP contribution in [0.5, 0.6) is 0 Å². The Bertz CT molecular complexity index is 798. The van der Waals surface area contributed by atoms with Gasteiger partial charge in [0, 0.05) is 18.8 Å². The highest BCUT2D eigenvalue weighted by molar-refractivity contribution is 5.42. The van der Waals surface area contributed by atoms with Gasteiger partial charge in [0.05, 0.1) is 18.0 Å². The van der Waals surface area contributed by atoms with Crippen LogP contribution in [0.3, 0.4) is 0 Å². The van der Waals surface area contributed by atoms with E-state index < -0.39 is 6.10 Å². The minimum Gasteiger partial charge on any atom is -0.387 e. The quantitative estimate of drug-likeness (QED) is 0.761. The first-order chi connectivity index (χ1) is 11.0. The third kappa shape index (κ3) is 3.41. The van der Waals surface area contributed by atoms with Crippen LogP contribution in [0.2, 0.25) is 0 Å². The van der Waals surface area contributed by atoms with Gasteiger partial charge in [-0.3, -0.25) is 0 Å². The van der Waals surface area contributed by atoms with Crippen molar-refractivity contribution < 1.29 is 9.50 Å². The van der Waals surface area contributed by atoms with E-state index in [0.29, 0.717) is 12.1 Å². The molecule has 0 amide bonds. The first-order valence-electron chi connectivity index (χ1n) is 7.64. The van der Waals surface area contributed by atoms with E-state index in [9.17, 15) is 9.50 Å². The molecule has 5 heteroatoms. The number of aliphatic hydroxyl groups excluding tert-OH is 1. The van der Waals surface area contributed by atoms with Gasteiger partial charge >= 0.3 is 0 Å². The van der Waals surface area contributed by atoms with Crippen molar-refractivity contribution in [3.63, 3.8) is 0 Å². The fraction of sp³-hybridized carbons (Fsp3) is 0.278. The lowest BCUT2D eigenvalue weighted by atomic mass is 10.0. The summed E-state index contributed by atoms with van der Waals surface area (Å²) in [6, 6.07) is 9.83. The summed E-state index contributed by atoms with van der Waals surface area (Å²) in [4.78, 5) is 4.39. The Morgan fingerprint density at radius 1 is 1.26 bits per heavy atom. The number of nitrogens with zero attached hydrogens (tertiary/aromatic N) is 2. The second-order valence-electron chi connectivity index (χ2n) is 5.85. The van der Waals surface area contributed by atoms with Crippen LogP contribution in [0.1, 0.15) is 29.8 Å². The van der Waals surface area contributed by atoms with Crippen molar-refractivity contribution in [3.8, 4) is 0 Å². The molecule has 23 heavy (non-hydrogen) atoms. The zero-order chi connectivity index (χ0) is 16.4. The van der Waals surface area contributed by atoms with Gasteiger partial charge in [0.15, 0.2) is 0 Å². The summed E-state index contributed by atoms with van der Waals surface area (Å²) in [6.07, 6.45) is 3.13. The van der Waals surface area contributed by atoms with Crippen LogP contribution in [-0.2, 0) is 6.54 Å².